The van der Waals surface area contributed by atoms with Crippen LogP contribution in [-0.4, -0.2) is 41.7 Å². The molecule has 0 aliphatic carbocycles. The molecule has 0 atom stereocenters. The highest BCUT2D eigenvalue weighted by Gasteiger charge is 2.24. The summed E-state index contributed by atoms with van der Waals surface area (Å²) < 4.78 is 7.69. The molecule has 1 fully saturated rings. The fraction of sp³-hybridized carbons (Fsp3) is 0.667. The monoisotopic (exact) mass is 308 g/mol. The minimum atomic E-state index is 0.405. The lowest BCUT2D eigenvalue weighted by molar-refractivity contribution is 0.0818. The van der Waals surface area contributed by atoms with E-state index in [4.69, 9.17) is 9.72 Å². The summed E-state index contributed by atoms with van der Waals surface area (Å²) in [5.74, 6) is 1.14. The van der Waals surface area contributed by atoms with Crippen molar-refractivity contribution in [2.24, 2.45) is 0 Å². The lowest BCUT2D eigenvalue weighted by atomic mass is 10.1. The second kappa shape index (κ2) is 6.34. The molecule has 116 valence electrons. The molecule has 0 unspecified atom stereocenters. The van der Waals surface area contributed by atoms with Gasteiger partial charge in [0.25, 0.3) is 0 Å². The number of methoxy groups -OCH3 is 1. The fourth-order valence-electron chi connectivity index (χ4n) is 2.84. The average molecular weight is 308 g/mol. The van der Waals surface area contributed by atoms with Gasteiger partial charge >= 0.3 is 0 Å². The maximum atomic E-state index is 5.47. The summed E-state index contributed by atoms with van der Waals surface area (Å²) in [5.41, 5.74) is 1.27. The Morgan fingerprint density at radius 3 is 2.86 bits per heavy atom. The molecule has 1 aliphatic heterocycles. The highest BCUT2D eigenvalue weighted by molar-refractivity contribution is 7.15. The smallest absolute Gasteiger partial charge is 0.195 e. The van der Waals surface area contributed by atoms with E-state index in [1.165, 1.54) is 5.69 Å². The number of nitrogens with one attached hydrogen (secondary N) is 1. The van der Waals surface area contributed by atoms with E-state index in [-0.39, 0.29) is 0 Å². The number of rotatable bonds is 5. The summed E-state index contributed by atoms with van der Waals surface area (Å²) in [6.45, 7) is 7.26. The van der Waals surface area contributed by atoms with E-state index < -0.39 is 0 Å². The summed E-state index contributed by atoms with van der Waals surface area (Å²) in [6, 6.07) is 0.473. The van der Waals surface area contributed by atoms with Crippen LogP contribution >= 0.6 is 11.3 Å². The second-order valence-corrected chi connectivity index (χ2v) is 6.77. The van der Waals surface area contributed by atoms with Crippen LogP contribution in [0.15, 0.2) is 11.6 Å². The van der Waals surface area contributed by atoms with Crippen molar-refractivity contribution in [3.8, 4) is 0 Å². The number of piperidine rings is 1. The van der Waals surface area contributed by atoms with Gasteiger partial charge in [0, 0.05) is 44.4 Å². The van der Waals surface area contributed by atoms with E-state index in [0.717, 1.165) is 43.3 Å². The van der Waals surface area contributed by atoms with E-state index in [2.05, 4.69) is 40.0 Å². The minimum absolute atomic E-state index is 0.405. The Morgan fingerprint density at radius 2 is 2.19 bits per heavy atom. The van der Waals surface area contributed by atoms with Crippen LogP contribution in [0.2, 0.25) is 0 Å². The quantitative estimate of drug-likeness (QED) is 0.921. The van der Waals surface area contributed by atoms with Crippen LogP contribution in [0.4, 0.5) is 5.82 Å². The SMILES string of the molecule is COC1CCN(c2nc3sccn3c2CNC(C)C)CC1. The zero-order valence-corrected chi connectivity index (χ0v) is 13.8. The van der Waals surface area contributed by atoms with Crippen LogP contribution in [0.5, 0.6) is 0 Å². The van der Waals surface area contributed by atoms with Crippen molar-refractivity contribution in [2.45, 2.75) is 45.4 Å². The predicted molar refractivity (Wildman–Crippen MR) is 87.3 cm³/mol. The molecule has 6 heteroatoms. The van der Waals surface area contributed by atoms with Gasteiger partial charge in [-0.3, -0.25) is 4.40 Å². The average Bonchev–Trinajstić information content (AvgIpc) is 3.06. The molecule has 1 N–H and O–H groups in total. The maximum absolute atomic E-state index is 5.47. The zero-order valence-electron chi connectivity index (χ0n) is 13.0. The molecule has 0 spiro atoms. The summed E-state index contributed by atoms with van der Waals surface area (Å²) in [4.78, 5) is 8.34. The van der Waals surface area contributed by atoms with Crippen molar-refractivity contribution in [1.29, 1.82) is 0 Å². The van der Waals surface area contributed by atoms with E-state index in [1.54, 1.807) is 11.3 Å². The number of fused-ring (bicyclic) bond motifs is 1. The molecule has 0 aromatic carbocycles. The van der Waals surface area contributed by atoms with Crippen molar-refractivity contribution < 1.29 is 4.74 Å². The Labute approximate surface area is 129 Å². The lowest BCUT2D eigenvalue weighted by Gasteiger charge is -2.32. The van der Waals surface area contributed by atoms with Gasteiger partial charge in [0.1, 0.15) is 0 Å². The van der Waals surface area contributed by atoms with E-state index in [0.29, 0.717) is 12.1 Å². The molecule has 3 heterocycles. The largest absolute Gasteiger partial charge is 0.381 e. The van der Waals surface area contributed by atoms with Gasteiger partial charge in [-0.25, -0.2) is 4.98 Å². The number of hydrogen-bond acceptors (Lipinski definition) is 5. The summed E-state index contributed by atoms with van der Waals surface area (Å²) in [5, 5.41) is 5.62. The molecule has 3 rings (SSSR count). The van der Waals surface area contributed by atoms with Crippen molar-refractivity contribution >= 4 is 22.1 Å². The molecule has 0 radical (unpaired) electrons. The molecule has 2 aromatic rings. The van der Waals surface area contributed by atoms with Gasteiger partial charge in [-0.1, -0.05) is 13.8 Å². The Kier molecular flexibility index (Phi) is 4.47. The van der Waals surface area contributed by atoms with Gasteiger partial charge in [-0.15, -0.1) is 11.3 Å². The highest BCUT2D eigenvalue weighted by atomic mass is 32.1. The normalized spacial score (nSPS) is 17.2. The topological polar surface area (TPSA) is 41.8 Å². The molecule has 5 nitrogen and oxygen atoms in total. The number of nitrogens with zero attached hydrogens (tertiary/aromatic N) is 3. The molecule has 21 heavy (non-hydrogen) atoms. The number of thiazole rings is 1. The Hall–Kier alpha value is -1.11. The van der Waals surface area contributed by atoms with Crippen molar-refractivity contribution in [2.75, 3.05) is 25.1 Å². The van der Waals surface area contributed by atoms with Gasteiger partial charge in [0.05, 0.1) is 11.8 Å². The van der Waals surface area contributed by atoms with E-state index in [1.807, 2.05) is 7.11 Å². The number of ether oxygens (including phenoxy) is 1. The van der Waals surface area contributed by atoms with E-state index >= 15 is 0 Å². The highest BCUT2D eigenvalue weighted by Crippen LogP contribution is 2.27. The van der Waals surface area contributed by atoms with Gasteiger partial charge < -0.3 is 15.0 Å². The first kappa shape index (κ1) is 14.8. The lowest BCUT2D eigenvalue weighted by Crippen LogP contribution is -2.37. The zero-order chi connectivity index (χ0) is 14.8. The molecule has 0 bridgehead atoms. The molecule has 0 saturated carbocycles. The summed E-state index contributed by atoms with van der Waals surface area (Å²) in [6.07, 6.45) is 4.69. The number of hydrogen-bond donors (Lipinski definition) is 1. The van der Waals surface area contributed by atoms with Crippen LogP contribution in [0, 0.1) is 0 Å². The third-order valence-corrected chi connectivity index (χ3v) is 4.85. The van der Waals surface area contributed by atoms with Crippen molar-refractivity contribution in [3.05, 3.63) is 17.3 Å². The van der Waals surface area contributed by atoms with Gasteiger partial charge in [0.2, 0.25) is 0 Å². The first-order valence-electron chi connectivity index (χ1n) is 7.64. The van der Waals surface area contributed by atoms with Gasteiger partial charge in [-0.05, 0) is 12.8 Å². The third kappa shape index (κ3) is 3.07. The standard InChI is InChI=1S/C15H24N4OS/c1-11(2)16-10-13-14(17-15-19(13)8-9-21-15)18-6-4-12(20-3)5-7-18/h8-9,11-12,16H,4-7,10H2,1-3H3. The van der Waals surface area contributed by atoms with E-state index in [9.17, 15) is 0 Å². The Balaban J connectivity index is 1.83. The second-order valence-electron chi connectivity index (χ2n) is 5.90. The molecule has 1 saturated heterocycles. The van der Waals surface area contributed by atoms with Crippen LogP contribution in [-0.2, 0) is 11.3 Å². The summed E-state index contributed by atoms with van der Waals surface area (Å²) in [7, 11) is 1.81. The first-order chi connectivity index (χ1) is 10.2. The van der Waals surface area contributed by atoms with Crippen LogP contribution in [0.25, 0.3) is 4.96 Å². The van der Waals surface area contributed by atoms with Crippen LogP contribution in [0.3, 0.4) is 0 Å². The minimum Gasteiger partial charge on any atom is -0.381 e. The number of imidazole rings is 1. The van der Waals surface area contributed by atoms with Crippen LogP contribution < -0.4 is 10.2 Å². The molecule has 2 aromatic heterocycles. The Bertz CT molecular complexity index is 584. The third-order valence-electron chi connectivity index (χ3n) is 4.09. The predicted octanol–water partition coefficient (Wildman–Crippen LogP) is 2.51. The summed E-state index contributed by atoms with van der Waals surface area (Å²) >= 11 is 1.70. The van der Waals surface area contributed by atoms with Crippen molar-refractivity contribution in [3.63, 3.8) is 0 Å². The number of anilines is 1. The molecule has 1 aliphatic rings. The Morgan fingerprint density at radius 1 is 1.43 bits per heavy atom. The van der Waals surface area contributed by atoms with Crippen molar-refractivity contribution in [1.82, 2.24) is 14.7 Å². The molecular formula is C15H24N4OS. The number of aromatic nitrogens is 2. The maximum Gasteiger partial charge on any atom is 0.195 e. The fourth-order valence-corrected chi connectivity index (χ4v) is 3.57. The van der Waals surface area contributed by atoms with Gasteiger partial charge in [0.15, 0.2) is 10.8 Å². The van der Waals surface area contributed by atoms with Gasteiger partial charge in [-0.2, -0.15) is 0 Å². The first-order valence-corrected chi connectivity index (χ1v) is 8.52. The molecule has 0 amide bonds. The van der Waals surface area contributed by atoms with Crippen LogP contribution in [0.1, 0.15) is 32.4 Å². The molecular weight excluding hydrogens is 284 g/mol.